The first kappa shape index (κ1) is 14.0. The number of fused-ring (bicyclic) bond motifs is 1. The highest BCUT2D eigenvalue weighted by molar-refractivity contribution is 6.06. The number of para-hydroxylation sites is 1. The van der Waals surface area contributed by atoms with Crippen LogP contribution in [-0.4, -0.2) is 30.0 Å². The molecule has 1 amide bonds. The van der Waals surface area contributed by atoms with E-state index >= 15 is 0 Å². The van der Waals surface area contributed by atoms with E-state index in [2.05, 4.69) is 15.0 Å². The third kappa shape index (κ3) is 2.77. The average Bonchev–Trinajstić information content (AvgIpc) is 2.51. The molecule has 1 aromatic heterocycles. The Balaban J connectivity index is 2.30. The third-order valence-corrected chi connectivity index (χ3v) is 3.09. The Kier molecular flexibility index (Phi) is 4.30. The maximum atomic E-state index is 12.3. The van der Waals surface area contributed by atoms with E-state index in [0.29, 0.717) is 12.0 Å². The van der Waals surface area contributed by atoms with Crippen LogP contribution < -0.4 is 5.32 Å². The molecule has 1 N–H and O–H groups in total. The number of esters is 1. The van der Waals surface area contributed by atoms with Gasteiger partial charge in [-0.15, -0.1) is 0 Å². The van der Waals surface area contributed by atoms with Crippen LogP contribution in [0.15, 0.2) is 36.5 Å². The molecule has 0 saturated heterocycles. The average molecular weight is 272 g/mol. The van der Waals surface area contributed by atoms with Crippen molar-refractivity contribution in [1.29, 1.82) is 0 Å². The Morgan fingerprint density at radius 1 is 1.30 bits per heavy atom. The van der Waals surface area contributed by atoms with Gasteiger partial charge in [0.25, 0.3) is 5.91 Å². The number of nitrogens with zero attached hydrogens (tertiary/aromatic N) is 1. The van der Waals surface area contributed by atoms with Crippen molar-refractivity contribution in [3.8, 4) is 0 Å². The summed E-state index contributed by atoms with van der Waals surface area (Å²) in [6.45, 7) is 1.81. The Labute approximate surface area is 117 Å². The SMILES string of the molecule is CC[C@@H](NC(=O)c1ccnc2ccccc12)C(=O)OC. The van der Waals surface area contributed by atoms with E-state index in [1.165, 1.54) is 7.11 Å². The molecule has 0 bridgehead atoms. The highest BCUT2D eigenvalue weighted by atomic mass is 16.5. The number of hydrogen-bond acceptors (Lipinski definition) is 4. The molecule has 0 aliphatic carbocycles. The number of carbonyl (C=O) groups excluding carboxylic acids is 2. The summed E-state index contributed by atoms with van der Waals surface area (Å²) in [7, 11) is 1.30. The van der Waals surface area contributed by atoms with Gasteiger partial charge in [-0.2, -0.15) is 0 Å². The number of hydrogen-bond donors (Lipinski definition) is 1. The first-order chi connectivity index (χ1) is 9.67. The lowest BCUT2D eigenvalue weighted by Gasteiger charge is -2.15. The lowest BCUT2D eigenvalue weighted by molar-refractivity contribution is -0.142. The van der Waals surface area contributed by atoms with E-state index in [4.69, 9.17) is 0 Å². The van der Waals surface area contributed by atoms with Crippen molar-refractivity contribution in [2.24, 2.45) is 0 Å². The van der Waals surface area contributed by atoms with Crippen LogP contribution in [0, 0.1) is 0 Å². The molecule has 0 aliphatic rings. The van der Waals surface area contributed by atoms with Gasteiger partial charge in [-0.25, -0.2) is 4.79 Å². The summed E-state index contributed by atoms with van der Waals surface area (Å²) in [4.78, 5) is 28.0. The van der Waals surface area contributed by atoms with Gasteiger partial charge in [0.2, 0.25) is 0 Å². The topological polar surface area (TPSA) is 68.3 Å². The summed E-state index contributed by atoms with van der Waals surface area (Å²) in [6.07, 6.45) is 2.05. The lowest BCUT2D eigenvalue weighted by atomic mass is 10.1. The van der Waals surface area contributed by atoms with Gasteiger partial charge in [0.15, 0.2) is 0 Å². The summed E-state index contributed by atoms with van der Waals surface area (Å²) in [5, 5.41) is 3.44. The Hall–Kier alpha value is -2.43. The van der Waals surface area contributed by atoms with Crippen LogP contribution in [0.3, 0.4) is 0 Å². The van der Waals surface area contributed by atoms with Gasteiger partial charge in [0, 0.05) is 11.6 Å². The van der Waals surface area contributed by atoms with Crippen LogP contribution in [0.5, 0.6) is 0 Å². The van der Waals surface area contributed by atoms with Gasteiger partial charge in [0.05, 0.1) is 18.2 Å². The fraction of sp³-hybridized carbons (Fsp3) is 0.267. The van der Waals surface area contributed by atoms with E-state index in [-0.39, 0.29) is 5.91 Å². The first-order valence-electron chi connectivity index (χ1n) is 6.39. The highest BCUT2D eigenvalue weighted by Gasteiger charge is 2.21. The minimum atomic E-state index is -0.639. The molecule has 1 atom stereocenters. The van der Waals surface area contributed by atoms with Gasteiger partial charge < -0.3 is 10.1 Å². The first-order valence-corrected chi connectivity index (χ1v) is 6.39. The Bertz CT molecular complexity index is 635. The zero-order chi connectivity index (χ0) is 14.5. The number of ether oxygens (including phenoxy) is 1. The number of pyridine rings is 1. The van der Waals surface area contributed by atoms with Crippen LogP contribution in [0.1, 0.15) is 23.7 Å². The molecule has 0 radical (unpaired) electrons. The third-order valence-electron chi connectivity index (χ3n) is 3.09. The fourth-order valence-electron chi connectivity index (χ4n) is 2.00. The predicted molar refractivity (Wildman–Crippen MR) is 75.3 cm³/mol. The minimum Gasteiger partial charge on any atom is -0.467 e. The quantitative estimate of drug-likeness (QED) is 0.863. The van der Waals surface area contributed by atoms with Gasteiger partial charge in [-0.05, 0) is 18.6 Å². The van der Waals surface area contributed by atoms with Crippen LogP contribution in [-0.2, 0) is 9.53 Å². The smallest absolute Gasteiger partial charge is 0.328 e. The Morgan fingerprint density at radius 3 is 2.75 bits per heavy atom. The maximum absolute atomic E-state index is 12.3. The molecule has 2 rings (SSSR count). The molecular formula is C15H16N2O3. The van der Waals surface area contributed by atoms with E-state index < -0.39 is 12.0 Å². The number of rotatable bonds is 4. The molecule has 0 saturated carbocycles. The van der Waals surface area contributed by atoms with Gasteiger partial charge in [-0.3, -0.25) is 9.78 Å². The molecule has 104 valence electrons. The van der Waals surface area contributed by atoms with Crippen molar-refractivity contribution in [3.05, 3.63) is 42.1 Å². The predicted octanol–water partition coefficient (Wildman–Crippen LogP) is 1.92. The molecule has 5 heteroatoms. The molecule has 20 heavy (non-hydrogen) atoms. The van der Waals surface area contributed by atoms with Gasteiger partial charge >= 0.3 is 5.97 Å². The maximum Gasteiger partial charge on any atom is 0.328 e. The molecule has 1 heterocycles. The second-order valence-corrected chi connectivity index (χ2v) is 4.33. The molecule has 0 unspecified atom stereocenters. The minimum absolute atomic E-state index is 0.305. The molecule has 5 nitrogen and oxygen atoms in total. The molecule has 0 aliphatic heterocycles. The molecule has 1 aromatic carbocycles. The standard InChI is InChI=1S/C15H16N2O3/c1-3-12(15(19)20-2)17-14(18)11-8-9-16-13-7-5-4-6-10(11)13/h4-9,12H,3H2,1-2H3,(H,17,18)/t12-/m1/s1. The number of aromatic nitrogens is 1. The Morgan fingerprint density at radius 2 is 2.05 bits per heavy atom. The summed E-state index contributed by atoms with van der Waals surface area (Å²) in [5.41, 5.74) is 1.24. The van der Waals surface area contributed by atoms with Crippen molar-refractivity contribution in [3.63, 3.8) is 0 Å². The van der Waals surface area contributed by atoms with Gasteiger partial charge in [0.1, 0.15) is 6.04 Å². The van der Waals surface area contributed by atoms with E-state index in [9.17, 15) is 9.59 Å². The number of carbonyl (C=O) groups is 2. The second kappa shape index (κ2) is 6.14. The summed E-state index contributed by atoms with van der Waals surface area (Å²) >= 11 is 0. The van der Waals surface area contributed by atoms with Crippen molar-refractivity contribution in [2.45, 2.75) is 19.4 Å². The second-order valence-electron chi connectivity index (χ2n) is 4.33. The van der Waals surface area contributed by atoms with Crippen LogP contribution in [0.2, 0.25) is 0 Å². The number of amides is 1. The lowest BCUT2D eigenvalue weighted by Crippen LogP contribution is -2.41. The van der Waals surface area contributed by atoms with Crippen molar-refractivity contribution in [2.75, 3.05) is 7.11 Å². The normalized spacial score (nSPS) is 11.9. The zero-order valence-electron chi connectivity index (χ0n) is 11.4. The molecule has 2 aromatic rings. The summed E-state index contributed by atoms with van der Waals surface area (Å²) in [5.74, 6) is -0.750. The van der Waals surface area contributed by atoms with Crippen molar-refractivity contribution >= 4 is 22.8 Å². The largest absolute Gasteiger partial charge is 0.467 e. The van der Waals surface area contributed by atoms with Crippen molar-refractivity contribution in [1.82, 2.24) is 10.3 Å². The molecule has 0 spiro atoms. The number of nitrogens with one attached hydrogen (secondary N) is 1. The van der Waals surface area contributed by atoms with E-state index in [0.717, 1.165) is 10.9 Å². The van der Waals surface area contributed by atoms with E-state index in [1.54, 1.807) is 12.3 Å². The van der Waals surface area contributed by atoms with Crippen LogP contribution in [0.4, 0.5) is 0 Å². The highest BCUT2D eigenvalue weighted by Crippen LogP contribution is 2.16. The summed E-state index contributed by atoms with van der Waals surface area (Å²) in [6, 6.07) is 8.37. The van der Waals surface area contributed by atoms with Crippen molar-refractivity contribution < 1.29 is 14.3 Å². The molecule has 0 fully saturated rings. The number of benzene rings is 1. The number of methoxy groups -OCH3 is 1. The molecular weight excluding hydrogens is 256 g/mol. The van der Waals surface area contributed by atoms with Crippen LogP contribution >= 0.6 is 0 Å². The van der Waals surface area contributed by atoms with Crippen LogP contribution in [0.25, 0.3) is 10.9 Å². The summed E-state index contributed by atoms with van der Waals surface area (Å²) < 4.78 is 4.66. The monoisotopic (exact) mass is 272 g/mol. The zero-order valence-corrected chi connectivity index (χ0v) is 11.4. The van der Waals surface area contributed by atoms with Gasteiger partial charge in [-0.1, -0.05) is 25.1 Å². The fourth-order valence-corrected chi connectivity index (χ4v) is 2.00. The van der Waals surface area contributed by atoms with E-state index in [1.807, 2.05) is 31.2 Å².